The number of anilines is 1. The summed E-state index contributed by atoms with van der Waals surface area (Å²) in [4.78, 5) is 13.7. The summed E-state index contributed by atoms with van der Waals surface area (Å²) in [5.41, 5.74) is 3.52. The van der Waals surface area contributed by atoms with Crippen molar-refractivity contribution in [2.45, 2.75) is 13.0 Å². The number of likely N-dealkylation sites (N-methyl/N-ethyl adjacent to an activating group) is 1. The quantitative estimate of drug-likeness (QED) is 0.803. The second-order valence-electron chi connectivity index (χ2n) is 5.06. The van der Waals surface area contributed by atoms with Crippen LogP contribution in [0.5, 0.6) is 0 Å². The number of nitrogens with zero attached hydrogens (tertiary/aromatic N) is 1. The number of carbonyl (C=O) groups is 1. The maximum atomic E-state index is 11.7. The highest BCUT2D eigenvalue weighted by Gasteiger charge is 2.09. The number of hydrogen-bond acceptors (Lipinski definition) is 3. The van der Waals surface area contributed by atoms with Crippen LogP contribution in [0.25, 0.3) is 0 Å². The van der Waals surface area contributed by atoms with Crippen molar-refractivity contribution in [1.29, 1.82) is 0 Å². The standard InChI is InChI=1S/C15H21N3O/c1-18(2)9-3-4-15(19)17-14-6-5-12-7-8-16-11-13(12)10-14/h3-6,10,16H,7-9,11H2,1-2H3,(H,17,19)/b4-3+. The average molecular weight is 259 g/mol. The van der Waals surface area contributed by atoms with Crippen molar-refractivity contribution in [3.63, 3.8) is 0 Å². The Morgan fingerprint density at radius 1 is 1.42 bits per heavy atom. The molecule has 2 N–H and O–H groups in total. The summed E-state index contributed by atoms with van der Waals surface area (Å²) >= 11 is 0. The summed E-state index contributed by atoms with van der Waals surface area (Å²) in [5.74, 6) is -0.0782. The minimum Gasteiger partial charge on any atom is -0.323 e. The number of hydrogen-bond donors (Lipinski definition) is 2. The molecule has 0 saturated heterocycles. The Morgan fingerprint density at radius 3 is 3.05 bits per heavy atom. The Bertz CT molecular complexity index is 480. The van der Waals surface area contributed by atoms with E-state index in [0.29, 0.717) is 0 Å². The third kappa shape index (κ3) is 4.19. The molecule has 0 radical (unpaired) electrons. The van der Waals surface area contributed by atoms with Crippen LogP contribution in [0.4, 0.5) is 5.69 Å². The number of nitrogens with one attached hydrogen (secondary N) is 2. The molecule has 1 aliphatic heterocycles. The fourth-order valence-corrected chi connectivity index (χ4v) is 2.11. The van der Waals surface area contributed by atoms with Gasteiger partial charge in [0.1, 0.15) is 0 Å². The smallest absolute Gasteiger partial charge is 0.248 e. The summed E-state index contributed by atoms with van der Waals surface area (Å²) in [6.07, 6.45) is 4.50. The number of carbonyl (C=O) groups excluding carboxylic acids is 1. The van der Waals surface area contributed by atoms with E-state index in [1.54, 1.807) is 6.08 Å². The highest BCUT2D eigenvalue weighted by atomic mass is 16.1. The molecule has 19 heavy (non-hydrogen) atoms. The molecule has 4 nitrogen and oxygen atoms in total. The van der Waals surface area contributed by atoms with Crippen LogP contribution < -0.4 is 10.6 Å². The van der Waals surface area contributed by atoms with Gasteiger partial charge in [0, 0.05) is 24.9 Å². The highest BCUT2D eigenvalue weighted by Crippen LogP contribution is 2.18. The van der Waals surface area contributed by atoms with Crippen molar-refractivity contribution in [2.24, 2.45) is 0 Å². The molecule has 4 heteroatoms. The van der Waals surface area contributed by atoms with E-state index < -0.39 is 0 Å². The topological polar surface area (TPSA) is 44.4 Å². The second-order valence-corrected chi connectivity index (χ2v) is 5.06. The van der Waals surface area contributed by atoms with Crippen molar-refractivity contribution in [1.82, 2.24) is 10.2 Å². The lowest BCUT2D eigenvalue weighted by atomic mass is 10.0. The lowest BCUT2D eigenvalue weighted by Crippen LogP contribution is -2.23. The summed E-state index contributed by atoms with van der Waals surface area (Å²) in [5, 5.41) is 6.23. The highest BCUT2D eigenvalue weighted by molar-refractivity contribution is 5.99. The average Bonchev–Trinajstić information content (AvgIpc) is 2.38. The van der Waals surface area contributed by atoms with Gasteiger partial charge in [-0.25, -0.2) is 0 Å². The molecule has 1 aromatic rings. The van der Waals surface area contributed by atoms with E-state index >= 15 is 0 Å². The van der Waals surface area contributed by atoms with Gasteiger partial charge in [-0.1, -0.05) is 12.1 Å². The van der Waals surface area contributed by atoms with Crippen molar-refractivity contribution < 1.29 is 4.79 Å². The molecule has 1 aromatic carbocycles. The van der Waals surface area contributed by atoms with Crippen LogP contribution in [0.1, 0.15) is 11.1 Å². The second kappa shape index (κ2) is 6.50. The lowest BCUT2D eigenvalue weighted by Gasteiger charge is -2.17. The van der Waals surface area contributed by atoms with Gasteiger partial charge in [-0.05, 0) is 50.3 Å². The van der Waals surface area contributed by atoms with Gasteiger partial charge in [0.25, 0.3) is 0 Å². The third-order valence-corrected chi connectivity index (χ3v) is 3.10. The Labute approximate surface area is 114 Å². The Balaban J connectivity index is 1.95. The zero-order valence-corrected chi connectivity index (χ0v) is 11.6. The molecule has 102 valence electrons. The Hall–Kier alpha value is -1.65. The minimum atomic E-state index is -0.0782. The predicted molar refractivity (Wildman–Crippen MR) is 78.2 cm³/mol. The summed E-state index contributed by atoms with van der Waals surface area (Å²) in [6, 6.07) is 6.14. The zero-order chi connectivity index (χ0) is 13.7. The lowest BCUT2D eigenvalue weighted by molar-refractivity contribution is -0.111. The number of amides is 1. The van der Waals surface area contributed by atoms with Crippen LogP contribution in [0, 0.1) is 0 Å². The van der Waals surface area contributed by atoms with Gasteiger partial charge in [0.2, 0.25) is 5.91 Å². The molecule has 1 heterocycles. The van der Waals surface area contributed by atoms with Gasteiger partial charge in [-0.3, -0.25) is 4.79 Å². The first-order valence-corrected chi connectivity index (χ1v) is 6.60. The van der Waals surface area contributed by atoms with Crippen LogP contribution in [-0.2, 0) is 17.8 Å². The summed E-state index contributed by atoms with van der Waals surface area (Å²) < 4.78 is 0. The normalized spacial score (nSPS) is 14.7. The van der Waals surface area contributed by atoms with Crippen LogP contribution in [0.3, 0.4) is 0 Å². The van der Waals surface area contributed by atoms with E-state index in [1.807, 2.05) is 31.1 Å². The van der Waals surface area contributed by atoms with E-state index in [1.165, 1.54) is 11.1 Å². The van der Waals surface area contributed by atoms with Crippen LogP contribution in [0.2, 0.25) is 0 Å². The molecule has 2 rings (SSSR count). The van der Waals surface area contributed by atoms with Gasteiger partial charge in [-0.2, -0.15) is 0 Å². The first-order chi connectivity index (χ1) is 9.15. The molecule has 0 spiro atoms. The van der Waals surface area contributed by atoms with E-state index in [2.05, 4.69) is 22.8 Å². The third-order valence-electron chi connectivity index (χ3n) is 3.10. The first kappa shape index (κ1) is 13.8. The SMILES string of the molecule is CN(C)C/C=C/C(=O)Nc1ccc2c(c1)CNCC2. The van der Waals surface area contributed by atoms with Gasteiger partial charge in [0.05, 0.1) is 0 Å². The van der Waals surface area contributed by atoms with Crippen LogP contribution >= 0.6 is 0 Å². The fourth-order valence-electron chi connectivity index (χ4n) is 2.11. The van der Waals surface area contributed by atoms with Crippen molar-refractivity contribution >= 4 is 11.6 Å². The van der Waals surface area contributed by atoms with E-state index in [9.17, 15) is 4.79 Å². The number of fused-ring (bicyclic) bond motifs is 1. The molecular weight excluding hydrogens is 238 g/mol. The summed E-state index contributed by atoms with van der Waals surface area (Å²) in [6.45, 7) is 2.68. The van der Waals surface area contributed by atoms with Gasteiger partial charge < -0.3 is 15.5 Å². The predicted octanol–water partition coefficient (Wildman–Crippen LogP) is 1.39. The Kier molecular flexibility index (Phi) is 4.71. The molecule has 0 unspecified atom stereocenters. The van der Waals surface area contributed by atoms with Gasteiger partial charge in [-0.15, -0.1) is 0 Å². The number of rotatable bonds is 4. The molecular formula is C15H21N3O. The monoisotopic (exact) mass is 259 g/mol. The van der Waals surface area contributed by atoms with Crippen molar-refractivity contribution in [3.8, 4) is 0 Å². The Morgan fingerprint density at radius 2 is 2.26 bits per heavy atom. The van der Waals surface area contributed by atoms with E-state index in [0.717, 1.165) is 31.7 Å². The largest absolute Gasteiger partial charge is 0.323 e. The zero-order valence-electron chi connectivity index (χ0n) is 11.6. The summed E-state index contributed by atoms with van der Waals surface area (Å²) in [7, 11) is 3.94. The molecule has 0 fully saturated rings. The molecule has 0 aromatic heterocycles. The van der Waals surface area contributed by atoms with Crippen molar-refractivity contribution in [3.05, 3.63) is 41.5 Å². The molecule has 0 saturated carbocycles. The fraction of sp³-hybridized carbons (Fsp3) is 0.400. The molecule has 0 aliphatic carbocycles. The van der Waals surface area contributed by atoms with Gasteiger partial charge in [0.15, 0.2) is 0 Å². The molecule has 1 aliphatic rings. The van der Waals surface area contributed by atoms with Crippen LogP contribution in [-0.4, -0.2) is 38.0 Å². The van der Waals surface area contributed by atoms with Gasteiger partial charge >= 0.3 is 0 Å². The number of benzene rings is 1. The van der Waals surface area contributed by atoms with E-state index in [-0.39, 0.29) is 5.91 Å². The van der Waals surface area contributed by atoms with Crippen molar-refractivity contribution in [2.75, 3.05) is 32.5 Å². The van der Waals surface area contributed by atoms with E-state index in [4.69, 9.17) is 0 Å². The maximum Gasteiger partial charge on any atom is 0.248 e. The molecule has 0 atom stereocenters. The molecule has 0 bridgehead atoms. The minimum absolute atomic E-state index is 0.0782. The molecule has 1 amide bonds. The maximum absolute atomic E-state index is 11.7. The first-order valence-electron chi connectivity index (χ1n) is 6.60. The van der Waals surface area contributed by atoms with Crippen LogP contribution in [0.15, 0.2) is 30.4 Å².